The monoisotopic (exact) mass is 419 g/mol. The van der Waals surface area contributed by atoms with Crippen molar-refractivity contribution in [1.29, 1.82) is 0 Å². The first-order valence-corrected chi connectivity index (χ1v) is 10.5. The zero-order valence-corrected chi connectivity index (χ0v) is 17.6. The Bertz CT molecular complexity index is 1180. The Labute approximate surface area is 179 Å². The number of hydrogen-bond donors (Lipinski definition) is 1. The molecular formula is C22H25N7O2. The zero-order chi connectivity index (χ0) is 21.4. The first-order chi connectivity index (χ1) is 15.0. The lowest BCUT2D eigenvalue weighted by Gasteiger charge is -2.22. The minimum atomic E-state index is -0.895. The number of hydrogen-bond acceptors (Lipinski definition) is 7. The maximum atomic E-state index is 10.2. The molecule has 0 radical (unpaired) electrons. The fourth-order valence-electron chi connectivity index (χ4n) is 3.83. The minimum Gasteiger partial charge on any atom is -0.386 e. The van der Waals surface area contributed by atoms with Crippen LogP contribution in [0.4, 0.5) is 0 Å². The molecule has 3 aromatic heterocycles. The zero-order valence-electron chi connectivity index (χ0n) is 17.6. The number of rotatable bonds is 5. The van der Waals surface area contributed by atoms with E-state index in [1.54, 1.807) is 24.7 Å². The second-order valence-electron chi connectivity index (χ2n) is 8.45. The van der Waals surface area contributed by atoms with Crippen LogP contribution in [0.3, 0.4) is 0 Å². The quantitative estimate of drug-likeness (QED) is 0.530. The fourth-order valence-corrected chi connectivity index (χ4v) is 3.83. The molecule has 4 aromatic rings. The highest BCUT2D eigenvalue weighted by atomic mass is 16.5. The van der Waals surface area contributed by atoms with E-state index in [0.717, 1.165) is 42.9 Å². The molecule has 31 heavy (non-hydrogen) atoms. The highest BCUT2D eigenvalue weighted by molar-refractivity contribution is 5.70. The average molecular weight is 419 g/mol. The van der Waals surface area contributed by atoms with Crippen molar-refractivity contribution >= 4 is 11.2 Å². The largest absolute Gasteiger partial charge is 0.386 e. The molecule has 0 aliphatic carbocycles. The van der Waals surface area contributed by atoms with Crippen LogP contribution >= 0.6 is 0 Å². The van der Waals surface area contributed by atoms with E-state index in [1.165, 1.54) is 0 Å². The first-order valence-electron chi connectivity index (χ1n) is 10.5. The highest BCUT2D eigenvalue weighted by Gasteiger charge is 2.18. The van der Waals surface area contributed by atoms with Gasteiger partial charge in [-0.3, -0.25) is 4.68 Å². The summed E-state index contributed by atoms with van der Waals surface area (Å²) in [5.74, 6) is 0.690. The van der Waals surface area contributed by atoms with Gasteiger partial charge >= 0.3 is 0 Å². The van der Waals surface area contributed by atoms with Gasteiger partial charge in [0, 0.05) is 25.8 Å². The van der Waals surface area contributed by atoms with E-state index in [9.17, 15) is 5.11 Å². The Balaban J connectivity index is 1.40. The summed E-state index contributed by atoms with van der Waals surface area (Å²) in [6.45, 7) is 5.09. The molecule has 160 valence electrons. The van der Waals surface area contributed by atoms with Crippen molar-refractivity contribution in [1.82, 2.24) is 34.7 Å². The van der Waals surface area contributed by atoms with E-state index < -0.39 is 5.60 Å². The van der Waals surface area contributed by atoms with Crippen LogP contribution < -0.4 is 0 Å². The molecule has 9 heteroatoms. The second kappa shape index (κ2) is 7.82. The van der Waals surface area contributed by atoms with Crippen LogP contribution in [0.15, 0.2) is 42.9 Å². The lowest BCUT2D eigenvalue weighted by atomic mass is 9.98. The van der Waals surface area contributed by atoms with Crippen molar-refractivity contribution in [2.45, 2.75) is 44.8 Å². The summed E-state index contributed by atoms with van der Waals surface area (Å²) >= 11 is 0. The van der Waals surface area contributed by atoms with Gasteiger partial charge in [-0.25, -0.2) is 9.97 Å². The Morgan fingerprint density at radius 3 is 2.65 bits per heavy atom. The van der Waals surface area contributed by atoms with Crippen LogP contribution in [0.25, 0.3) is 16.9 Å². The van der Waals surface area contributed by atoms with E-state index in [1.807, 2.05) is 35.1 Å². The molecule has 1 saturated heterocycles. The van der Waals surface area contributed by atoms with Crippen molar-refractivity contribution in [3.8, 4) is 5.69 Å². The third-order valence-corrected chi connectivity index (χ3v) is 5.64. The van der Waals surface area contributed by atoms with E-state index in [0.29, 0.717) is 29.5 Å². The number of benzene rings is 1. The number of ether oxygens (including phenoxy) is 1. The lowest BCUT2D eigenvalue weighted by Crippen LogP contribution is -2.19. The van der Waals surface area contributed by atoms with Crippen LogP contribution in [0.2, 0.25) is 0 Å². The topological polar surface area (TPSA) is 104 Å². The smallest absolute Gasteiger partial charge is 0.187 e. The molecule has 0 bridgehead atoms. The predicted molar refractivity (Wildman–Crippen MR) is 114 cm³/mol. The second-order valence-corrected chi connectivity index (χ2v) is 8.45. The SMILES string of the molecule is CC(C)(O)c1ccc(-n2nnc3cnc(Cc4cnn(C5CCOCC5)c4)nc32)cc1. The Morgan fingerprint density at radius 1 is 1.13 bits per heavy atom. The van der Waals surface area contributed by atoms with Crippen LogP contribution in [-0.2, 0) is 16.8 Å². The normalized spacial score (nSPS) is 15.6. The van der Waals surface area contributed by atoms with Gasteiger partial charge < -0.3 is 9.84 Å². The maximum absolute atomic E-state index is 10.2. The van der Waals surface area contributed by atoms with Crippen molar-refractivity contribution in [2.24, 2.45) is 0 Å². The van der Waals surface area contributed by atoms with E-state index in [4.69, 9.17) is 9.72 Å². The van der Waals surface area contributed by atoms with Gasteiger partial charge in [0.15, 0.2) is 11.2 Å². The summed E-state index contributed by atoms with van der Waals surface area (Å²) in [7, 11) is 0. The van der Waals surface area contributed by atoms with Crippen molar-refractivity contribution in [3.05, 3.63) is 59.8 Å². The summed E-state index contributed by atoms with van der Waals surface area (Å²) < 4.78 is 9.17. The third kappa shape index (κ3) is 4.06. The minimum absolute atomic E-state index is 0.392. The van der Waals surface area contributed by atoms with Gasteiger partial charge in [0.1, 0.15) is 5.82 Å². The van der Waals surface area contributed by atoms with E-state index >= 15 is 0 Å². The number of nitrogens with zero attached hydrogens (tertiary/aromatic N) is 7. The van der Waals surface area contributed by atoms with Crippen molar-refractivity contribution in [2.75, 3.05) is 13.2 Å². The molecule has 4 heterocycles. The molecule has 0 saturated carbocycles. The summed E-state index contributed by atoms with van der Waals surface area (Å²) in [5.41, 5.74) is 3.11. The standard InChI is InChI=1S/C22H25N7O2/c1-22(2,30)16-3-5-18(6-4-16)29-21-19(26-27-29)13-23-20(25-21)11-15-12-24-28(14-15)17-7-9-31-10-8-17/h3-6,12-14,17,30H,7-11H2,1-2H3. The predicted octanol–water partition coefficient (Wildman–Crippen LogP) is 2.58. The van der Waals surface area contributed by atoms with Crippen LogP contribution in [0, 0.1) is 0 Å². The van der Waals surface area contributed by atoms with Crippen LogP contribution in [0.1, 0.15) is 49.7 Å². The third-order valence-electron chi connectivity index (χ3n) is 5.64. The van der Waals surface area contributed by atoms with Gasteiger partial charge in [-0.15, -0.1) is 5.10 Å². The van der Waals surface area contributed by atoms with Gasteiger partial charge in [-0.2, -0.15) is 9.78 Å². The number of aliphatic hydroxyl groups is 1. The first kappa shape index (κ1) is 19.8. The molecule has 1 aliphatic heterocycles. The molecule has 9 nitrogen and oxygen atoms in total. The van der Waals surface area contributed by atoms with Gasteiger partial charge in [-0.05, 0) is 49.9 Å². The Morgan fingerprint density at radius 2 is 1.90 bits per heavy atom. The molecule has 5 rings (SSSR count). The van der Waals surface area contributed by atoms with Gasteiger partial charge in [0.2, 0.25) is 0 Å². The summed E-state index contributed by atoms with van der Waals surface area (Å²) in [5, 5.41) is 23.1. The van der Waals surface area contributed by atoms with E-state index in [-0.39, 0.29) is 0 Å². The fraction of sp³-hybridized carbons (Fsp3) is 0.409. The average Bonchev–Trinajstić information content (AvgIpc) is 3.41. The molecule has 1 fully saturated rings. The Kier molecular flexibility index (Phi) is 4.99. The van der Waals surface area contributed by atoms with E-state index in [2.05, 4.69) is 26.6 Å². The summed E-state index contributed by atoms with van der Waals surface area (Å²) in [6.07, 6.45) is 8.22. The van der Waals surface area contributed by atoms with Crippen molar-refractivity contribution in [3.63, 3.8) is 0 Å². The van der Waals surface area contributed by atoms with Crippen LogP contribution in [0.5, 0.6) is 0 Å². The summed E-state index contributed by atoms with van der Waals surface area (Å²) in [6, 6.07) is 7.97. The molecule has 0 atom stereocenters. The molecule has 0 amide bonds. The van der Waals surface area contributed by atoms with Crippen LogP contribution in [-0.4, -0.2) is 53.1 Å². The molecule has 1 aliphatic rings. The highest BCUT2D eigenvalue weighted by Crippen LogP contribution is 2.23. The summed E-state index contributed by atoms with van der Waals surface area (Å²) in [4.78, 5) is 9.18. The molecule has 1 aromatic carbocycles. The lowest BCUT2D eigenvalue weighted by molar-refractivity contribution is 0.0662. The van der Waals surface area contributed by atoms with Gasteiger partial charge in [0.25, 0.3) is 0 Å². The Hall–Kier alpha value is -3.17. The molecule has 0 unspecified atom stereocenters. The number of aromatic nitrogens is 7. The molecule has 0 spiro atoms. The van der Waals surface area contributed by atoms with Crippen molar-refractivity contribution < 1.29 is 9.84 Å². The number of fused-ring (bicyclic) bond motifs is 1. The molecule has 1 N–H and O–H groups in total. The molecular weight excluding hydrogens is 394 g/mol. The maximum Gasteiger partial charge on any atom is 0.187 e. The van der Waals surface area contributed by atoms with Gasteiger partial charge in [0.05, 0.1) is 29.7 Å². The van der Waals surface area contributed by atoms with Gasteiger partial charge in [-0.1, -0.05) is 17.3 Å².